The van der Waals surface area contributed by atoms with E-state index in [1.807, 2.05) is 12.1 Å². The first-order chi connectivity index (χ1) is 12.2. The fourth-order valence-corrected chi connectivity index (χ4v) is 2.34. The van der Waals surface area contributed by atoms with Gasteiger partial charge in [0.25, 0.3) is 0 Å². The number of benzene rings is 2. The number of halogens is 1. The van der Waals surface area contributed by atoms with Crippen molar-refractivity contribution in [3.63, 3.8) is 0 Å². The molecule has 1 N–H and O–H groups in total. The maximum atomic E-state index is 13.8. The maximum absolute atomic E-state index is 13.8. The lowest BCUT2D eigenvalue weighted by Crippen LogP contribution is -2.08. The molecule has 0 atom stereocenters. The summed E-state index contributed by atoms with van der Waals surface area (Å²) in [6.07, 6.45) is 0. The molecular weight excluding hydrogens is 325 g/mol. The van der Waals surface area contributed by atoms with E-state index in [9.17, 15) is 4.39 Å². The number of ether oxygens (including phenoxy) is 2. The molecule has 0 amide bonds. The van der Waals surface area contributed by atoms with Gasteiger partial charge >= 0.3 is 0 Å². The van der Waals surface area contributed by atoms with Crippen LogP contribution in [0.5, 0.6) is 11.5 Å². The fraction of sp³-hybridized carbons (Fsp3) is 0.235. The Bertz CT molecular complexity index is 853. The number of aromatic nitrogens is 4. The van der Waals surface area contributed by atoms with Crippen LogP contribution in [0.25, 0.3) is 0 Å². The molecule has 0 saturated carbocycles. The average Bonchev–Trinajstić information content (AvgIpc) is 3.04. The first kappa shape index (κ1) is 16.7. The van der Waals surface area contributed by atoms with Crippen molar-refractivity contribution < 1.29 is 13.9 Å². The number of hydrogen-bond donors (Lipinski definition) is 1. The zero-order chi connectivity index (χ0) is 17.6. The minimum atomic E-state index is -0.303. The Hall–Kier alpha value is -3.16. The van der Waals surface area contributed by atoms with Gasteiger partial charge in [-0.2, -0.15) is 0 Å². The van der Waals surface area contributed by atoms with Crippen molar-refractivity contribution in [2.24, 2.45) is 7.05 Å². The molecule has 0 aliphatic heterocycles. The first-order valence-corrected chi connectivity index (χ1v) is 7.67. The minimum absolute atomic E-state index is 0.103. The molecular formula is C17H18FN5O2. The summed E-state index contributed by atoms with van der Waals surface area (Å²) >= 11 is 0. The Morgan fingerprint density at radius 2 is 1.92 bits per heavy atom. The van der Waals surface area contributed by atoms with Gasteiger partial charge in [0, 0.05) is 24.7 Å². The zero-order valence-corrected chi connectivity index (χ0v) is 13.9. The minimum Gasteiger partial charge on any atom is -0.493 e. The number of aryl methyl sites for hydroxylation is 1. The van der Waals surface area contributed by atoms with E-state index in [0.29, 0.717) is 29.6 Å². The number of nitrogens with zero attached hydrogens (tertiary/aromatic N) is 4. The van der Waals surface area contributed by atoms with Crippen molar-refractivity contribution in [3.8, 4) is 11.5 Å². The van der Waals surface area contributed by atoms with Crippen molar-refractivity contribution in [3.05, 3.63) is 59.4 Å². The summed E-state index contributed by atoms with van der Waals surface area (Å²) in [5.74, 6) is 1.35. The van der Waals surface area contributed by atoms with E-state index in [-0.39, 0.29) is 12.4 Å². The lowest BCUT2D eigenvalue weighted by Gasteiger charge is -2.16. The molecule has 0 fully saturated rings. The number of nitrogens with one attached hydrogen (secondary N) is 1. The Balaban J connectivity index is 1.79. The molecule has 0 aliphatic rings. The average molecular weight is 343 g/mol. The second-order valence-corrected chi connectivity index (χ2v) is 5.31. The summed E-state index contributed by atoms with van der Waals surface area (Å²) < 4.78 is 26.6. The quantitative estimate of drug-likeness (QED) is 0.711. The molecule has 0 aliphatic carbocycles. The van der Waals surface area contributed by atoms with E-state index >= 15 is 0 Å². The largest absolute Gasteiger partial charge is 0.493 e. The van der Waals surface area contributed by atoms with Crippen LogP contribution in [-0.2, 0) is 20.2 Å². The SMILES string of the molecule is COc1cccc(CNc2nnnn2C)c1OCc1ccccc1F. The van der Waals surface area contributed by atoms with Crippen molar-refractivity contribution in [1.29, 1.82) is 0 Å². The molecule has 1 heterocycles. The zero-order valence-electron chi connectivity index (χ0n) is 13.9. The highest BCUT2D eigenvalue weighted by Crippen LogP contribution is 2.32. The summed E-state index contributed by atoms with van der Waals surface area (Å²) in [7, 11) is 3.30. The van der Waals surface area contributed by atoms with Crippen LogP contribution in [0.2, 0.25) is 0 Å². The Morgan fingerprint density at radius 3 is 2.64 bits per heavy atom. The van der Waals surface area contributed by atoms with Crippen molar-refractivity contribution in [2.45, 2.75) is 13.2 Å². The number of para-hydroxylation sites is 1. The van der Waals surface area contributed by atoms with E-state index in [4.69, 9.17) is 9.47 Å². The summed E-state index contributed by atoms with van der Waals surface area (Å²) in [5.41, 5.74) is 1.32. The predicted molar refractivity (Wildman–Crippen MR) is 89.9 cm³/mol. The Labute approximate surface area is 144 Å². The molecule has 130 valence electrons. The molecule has 0 unspecified atom stereocenters. The maximum Gasteiger partial charge on any atom is 0.242 e. The molecule has 0 radical (unpaired) electrons. The second-order valence-electron chi connectivity index (χ2n) is 5.31. The second kappa shape index (κ2) is 7.61. The molecule has 0 saturated heterocycles. The van der Waals surface area contributed by atoms with E-state index in [0.717, 1.165) is 5.56 Å². The summed E-state index contributed by atoms with van der Waals surface area (Å²) in [5, 5.41) is 14.3. The molecule has 1 aromatic heterocycles. The number of methoxy groups -OCH3 is 1. The van der Waals surface area contributed by atoms with Gasteiger partial charge < -0.3 is 14.8 Å². The van der Waals surface area contributed by atoms with Crippen LogP contribution in [-0.4, -0.2) is 27.3 Å². The van der Waals surface area contributed by atoms with E-state index in [1.54, 1.807) is 38.4 Å². The summed E-state index contributed by atoms with van der Waals surface area (Å²) in [6.45, 7) is 0.531. The number of anilines is 1. The van der Waals surface area contributed by atoms with Gasteiger partial charge in [-0.3, -0.25) is 0 Å². The first-order valence-electron chi connectivity index (χ1n) is 7.67. The smallest absolute Gasteiger partial charge is 0.242 e. The van der Waals surface area contributed by atoms with E-state index in [2.05, 4.69) is 20.8 Å². The van der Waals surface area contributed by atoms with Gasteiger partial charge in [0.15, 0.2) is 11.5 Å². The molecule has 3 rings (SSSR count). The lowest BCUT2D eigenvalue weighted by atomic mass is 10.1. The molecule has 7 nitrogen and oxygen atoms in total. The monoisotopic (exact) mass is 343 g/mol. The van der Waals surface area contributed by atoms with Gasteiger partial charge in [-0.15, -0.1) is 0 Å². The molecule has 0 bridgehead atoms. The highest BCUT2D eigenvalue weighted by molar-refractivity contribution is 5.48. The molecule has 3 aromatic rings. The highest BCUT2D eigenvalue weighted by atomic mass is 19.1. The van der Waals surface area contributed by atoms with Gasteiger partial charge in [-0.1, -0.05) is 35.4 Å². The third kappa shape index (κ3) is 3.85. The Kier molecular flexibility index (Phi) is 5.08. The predicted octanol–water partition coefficient (Wildman–Crippen LogP) is 2.55. The summed E-state index contributed by atoms with van der Waals surface area (Å²) in [4.78, 5) is 0. The lowest BCUT2D eigenvalue weighted by molar-refractivity contribution is 0.277. The molecule has 25 heavy (non-hydrogen) atoms. The van der Waals surface area contributed by atoms with E-state index < -0.39 is 0 Å². The molecule has 2 aromatic carbocycles. The molecule has 0 spiro atoms. The van der Waals surface area contributed by atoms with Crippen molar-refractivity contribution in [1.82, 2.24) is 20.2 Å². The van der Waals surface area contributed by atoms with Gasteiger partial charge in [0.1, 0.15) is 12.4 Å². The van der Waals surface area contributed by atoms with Gasteiger partial charge in [0.05, 0.1) is 7.11 Å². The number of rotatable bonds is 7. The van der Waals surface area contributed by atoms with Gasteiger partial charge in [-0.05, 0) is 22.6 Å². The van der Waals surface area contributed by atoms with Crippen LogP contribution in [0, 0.1) is 5.82 Å². The van der Waals surface area contributed by atoms with Crippen LogP contribution in [0.15, 0.2) is 42.5 Å². The van der Waals surface area contributed by atoms with Crippen LogP contribution in [0.3, 0.4) is 0 Å². The van der Waals surface area contributed by atoms with Crippen LogP contribution in [0.4, 0.5) is 10.3 Å². The third-order valence-electron chi connectivity index (χ3n) is 3.67. The van der Waals surface area contributed by atoms with Crippen LogP contribution in [0.1, 0.15) is 11.1 Å². The summed E-state index contributed by atoms with van der Waals surface area (Å²) in [6, 6.07) is 12.1. The Morgan fingerprint density at radius 1 is 1.12 bits per heavy atom. The van der Waals surface area contributed by atoms with Crippen LogP contribution < -0.4 is 14.8 Å². The van der Waals surface area contributed by atoms with Gasteiger partial charge in [-0.25, -0.2) is 9.07 Å². The third-order valence-corrected chi connectivity index (χ3v) is 3.67. The van der Waals surface area contributed by atoms with Crippen molar-refractivity contribution >= 4 is 5.95 Å². The van der Waals surface area contributed by atoms with Crippen LogP contribution >= 0.6 is 0 Å². The fourth-order valence-electron chi connectivity index (χ4n) is 2.34. The normalized spacial score (nSPS) is 10.5. The molecule has 8 heteroatoms. The topological polar surface area (TPSA) is 74.1 Å². The van der Waals surface area contributed by atoms with Gasteiger partial charge in [0.2, 0.25) is 5.95 Å². The van der Waals surface area contributed by atoms with E-state index in [1.165, 1.54) is 10.7 Å². The number of tetrazole rings is 1. The number of hydrogen-bond acceptors (Lipinski definition) is 6. The highest BCUT2D eigenvalue weighted by Gasteiger charge is 2.13. The standard InChI is InChI=1S/C17H18FN5O2/c1-23-17(20-21-22-23)19-10-12-7-5-9-15(24-2)16(12)25-11-13-6-3-4-8-14(13)18/h3-9H,10-11H2,1-2H3,(H,19,20,22). The van der Waals surface area contributed by atoms with Crippen molar-refractivity contribution in [2.75, 3.05) is 12.4 Å².